The lowest BCUT2D eigenvalue weighted by molar-refractivity contribution is 0.0726. The van der Waals surface area contributed by atoms with Gasteiger partial charge < -0.3 is 19.7 Å². The first kappa shape index (κ1) is 18.3. The third-order valence-corrected chi connectivity index (χ3v) is 6.18. The van der Waals surface area contributed by atoms with Crippen LogP contribution < -0.4 is 5.32 Å². The average molecular weight is 413 g/mol. The molecule has 8 nitrogen and oxygen atoms in total. The van der Waals surface area contributed by atoms with Gasteiger partial charge in [0.1, 0.15) is 17.2 Å². The number of hydrogen-bond acceptors (Lipinski definition) is 6. The van der Waals surface area contributed by atoms with E-state index in [2.05, 4.69) is 20.3 Å². The molecule has 29 heavy (non-hydrogen) atoms. The SMILES string of the molecule is O=C(c1cn2cc(Cl)ccc2n1)N1C[C@H]2C[C@@H](Nc3cnccn3)[C@H](O)C[C@H]2C1. The number of nitrogens with zero attached hydrogens (tertiary/aromatic N) is 5. The van der Waals surface area contributed by atoms with Crippen LogP contribution in [0.15, 0.2) is 43.1 Å². The summed E-state index contributed by atoms with van der Waals surface area (Å²) in [7, 11) is 0. The first-order chi connectivity index (χ1) is 14.1. The molecular formula is C20H21ClN6O2. The number of likely N-dealkylation sites (tertiary alicyclic amines) is 1. The monoisotopic (exact) mass is 412 g/mol. The number of halogens is 1. The molecule has 1 aliphatic carbocycles. The van der Waals surface area contributed by atoms with Crippen molar-refractivity contribution in [2.45, 2.75) is 25.0 Å². The second kappa shape index (κ2) is 7.27. The highest BCUT2D eigenvalue weighted by Crippen LogP contribution is 2.37. The lowest BCUT2D eigenvalue weighted by Crippen LogP contribution is -2.43. The number of carbonyl (C=O) groups is 1. The van der Waals surface area contributed by atoms with E-state index in [1.54, 1.807) is 47.5 Å². The Labute approximate surface area is 172 Å². The quantitative estimate of drug-likeness (QED) is 0.684. The number of amides is 1. The fourth-order valence-corrected chi connectivity index (χ4v) is 4.71. The van der Waals surface area contributed by atoms with Gasteiger partial charge in [-0.15, -0.1) is 0 Å². The van der Waals surface area contributed by atoms with Crippen molar-refractivity contribution in [3.63, 3.8) is 0 Å². The summed E-state index contributed by atoms with van der Waals surface area (Å²) in [5, 5.41) is 14.5. The Morgan fingerprint density at radius 2 is 2.00 bits per heavy atom. The molecule has 4 heterocycles. The molecule has 1 aliphatic heterocycles. The highest BCUT2D eigenvalue weighted by atomic mass is 35.5. The molecule has 1 saturated carbocycles. The van der Waals surface area contributed by atoms with Gasteiger partial charge in [0, 0.05) is 37.9 Å². The summed E-state index contributed by atoms with van der Waals surface area (Å²) < 4.78 is 1.77. The number of imidazole rings is 1. The largest absolute Gasteiger partial charge is 0.391 e. The van der Waals surface area contributed by atoms with Crippen molar-refractivity contribution in [2.75, 3.05) is 18.4 Å². The number of carbonyl (C=O) groups excluding carboxylic acids is 1. The van der Waals surface area contributed by atoms with Gasteiger partial charge in [-0.1, -0.05) is 11.6 Å². The van der Waals surface area contributed by atoms with Crippen molar-refractivity contribution in [1.82, 2.24) is 24.3 Å². The fourth-order valence-electron chi connectivity index (χ4n) is 4.54. The maximum Gasteiger partial charge on any atom is 0.274 e. The second-order valence-electron chi connectivity index (χ2n) is 7.85. The van der Waals surface area contributed by atoms with Crippen LogP contribution in [0.1, 0.15) is 23.3 Å². The molecule has 0 radical (unpaired) electrons. The van der Waals surface area contributed by atoms with Crippen LogP contribution in [0.25, 0.3) is 5.65 Å². The van der Waals surface area contributed by atoms with Crippen LogP contribution in [0.3, 0.4) is 0 Å². The summed E-state index contributed by atoms with van der Waals surface area (Å²) in [5.41, 5.74) is 1.11. The molecular weight excluding hydrogens is 392 g/mol. The molecule has 1 saturated heterocycles. The van der Waals surface area contributed by atoms with Crippen molar-refractivity contribution in [3.05, 3.63) is 53.8 Å². The third-order valence-electron chi connectivity index (χ3n) is 5.96. The van der Waals surface area contributed by atoms with Crippen LogP contribution in [0, 0.1) is 11.8 Å². The van der Waals surface area contributed by atoms with Crippen LogP contribution >= 0.6 is 11.6 Å². The van der Waals surface area contributed by atoms with Gasteiger partial charge in [-0.05, 0) is 36.8 Å². The van der Waals surface area contributed by atoms with Gasteiger partial charge in [-0.3, -0.25) is 9.78 Å². The molecule has 3 aromatic rings. The van der Waals surface area contributed by atoms with E-state index in [0.29, 0.717) is 53.5 Å². The molecule has 2 N–H and O–H groups in total. The standard InChI is InChI=1S/C20H21ClN6O2/c21-14-1-2-19-25-16(11-26(19)10-14)20(29)27-8-12-5-15(17(28)6-13(12)9-27)24-18-7-22-3-4-23-18/h1-4,7,10-13,15,17,28H,5-6,8-9H2,(H,23,24)/t12-,13+,15-,17-/m1/s1. The van der Waals surface area contributed by atoms with Crippen molar-refractivity contribution in [3.8, 4) is 0 Å². The van der Waals surface area contributed by atoms with Gasteiger partial charge in [-0.2, -0.15) is 0 Å². The van der Waals surface area contributed by atoms with E-state index in [4.69, 9.17) is 11.6 Å². The average Bonchev–Trinajstić information content (AvgIpc) is 3.32. The van der Waals surface area contributed by atoms with E-state index in [1.165, 1.54) is 0 Å². The summed E-state index contributed by atoms with van der Waals surface area (Å²) in [4.78, 5) is 27.6. The molecule has 0 bridgehead atoms. The van der Waals surface area contributed by atoms with Gasteiger partial charge in [0.05, 0.1) is 23.4 Å². The van der Waals surface area contributed by atoms with Crippen molar-refractivity contribution < 1.29 is 9.90 Å². The van der Waals surface area contributed by atoms with E-state index in [1.807, 2.05) is 4.90 Å². The number of hydrogen-bond donors (Lipinski definition) is 2. The normalized spacial score (nSPS) is 26.5. The Kier molecular flexibility index (Phi) is 4.60. The zero-order valence-electron chi connectivity index (χ0n) is 15.6. The van der Waals surface area contributed by atoms with Crippen molar-refractivity contribution in [2.24, 2.45) is 11.8 Å². The molecule has 2 fully saturated rings. The van der Waals surface area contributed by atoms with E-state index < -0.39 is 6.10 Å². The first-order valence-corrected chi connectivity index (χ1v) is 10.1. The molecule has 5 rings (SSSR count). The number of rotatable bonds is 3. The second-order valence-corrected chi connectivity index (χ2v) is 8.29. The Bertz CT molecular complexity index is 1040. The molecule has 0 aromatic carbocycles. The van der Waals surface area contributed by atoms with E-state index >= 15 is 0 Å². The number of aromatic nitrogens is 4. The Hall–Kier alpha value is -2.71. The third kappa shape index (κ3) is 3.54. The molecule has 9 heteroatoms. The van der Waals surface area contributed by atoms with Gasteiger partial charge in [-0.25, -0.2) is 9.97 Å². The topological polar surface area (TPSA) is 95.7 Å². The fraction of sp³-hybridized carbons (Fsp3) is 0.400. The molecule has 3 aromatic heterocycles. The number of fused-ring (bicyclic) bond motifs is 2. The van der Waals surface area contributed by atoms with Gasteiger partial charge in [0.15, 0.2) is 0 Å². The maximum atomic E-state index is 13.0. The summed E-state index contributed by atoms with van der Waals surface area (Å²) in [6.07, 6.45) is 9.32. The minimum atomic E-state index is -0.481. The molecule has 4 atom stereocenters. The van der Waals surface area contributed by atoms with Crippen molar-refractivity contribution >= 4 is 29.0 Å². The maximum absolute atomic E-state index is 13.0. The number of nitrogens with one attached hydrogen (secondary N) is 1. The molecule has 0 unspecified atom stereocenters. The van der Waals surface area contributed by atoms with Crippen LogP contribution in [0.2, 0.25) is 5.02 Å². The lowest BCUT2D eigenvalue weighted by atomic mass is 9.77. The molecule has 0 spiro atoms. The molecule has 2 aliphatic rings. The zero-order chi connectivity index (χ0) is 20.0. The van der Waals surface area contributed by atoms with Crippen LogP contribution in [0.4, 0.5) is 5.82 Å². The van der Waals surface area contributed by atoms with Gasteiger partial charge >= 0.3 is 0 Å². The Balaban J connectivity index is 1.29. The number of aliphatic hydroxyl groups is 1. The zero-order valence-corrected chi connectivity index (χ0v) is 16.4. The van der Waals surface area contributed by atoms with Crippen LogP contribution in [-0.2, 0) is 0 Å². The Morgan fingerprint density at radius 1 is 1.17 bits per heavy atom. The summed E-state index contributed by atoms with van der Waals surface area (Å²) in [5.74, 6) is 1.21. The predicted molar refractivity (Wildman–Crippen MR) is 108 cm³/mol. The summed E-state index contributed by atoms with van der Waals surface area (Å²) >= 11 is 6.02. The predicted octanol–water partition coefficient (Wildman–Crippen LogP) is 2.10. The van der Waals surface area contributed by atoms with E-state index in [0.717, 1.165) is 6.42 Å². The summed E-state index contributed by atoms with van der Waals surface area (Å²) in [6.45, 7) is 1.32. The van der Waals surface area contributed by atoms with Crippen molar-refractivity contribution in [1.29, 1.82) is 0 Å². The van der Waals surface area contributed by atoms with Crippen LogP contribution in [0.5, 0.6) is 0 Å². The Morgan fingerprint density at radius 3 is 2.79 bits per heavy atom. The van der Waals surface area contributed by atoms with E-state index in [-0.39, 0.29) is 11.9 Å². The minimum Gasteiger partial charge on any atom is -0.391 e. The number of anilines is 1. The first-order valence-electron chi connectivity index (χ1n) is 9.71. The smallest absolute Gasteiger partial charge is 0.274 e. The lowest BCUT2D eigenvalue weighted by Gasteiger charge is -2.35. The molecule has 150 valence electrons. The van der Waals surface area contributed by atoms with Gasteiger partial charge in [0.25, 0.3) is 5.91 Å². The number of aliphatic hydroxyl groups excluding tert-OH is 1. The highest BCUT2D eigenvalue weighted by Gasteiger charge is 2.43. The van der Waals surface area contributed by atoms with E-state index in [9.17, 15) is 9.90 Å². The number of pyridine rings is 1. The summed E-state index contributed by atoms with van der Waals surface area (Å²) in [6, 6.07) is 3.45. The minimum absolute atomic E-state index is 0.0767. The highest BCUT2D eigenvalue weighted by molar-refractivity contribution is 6.30. The molecule has 1 amide bonds. The van der Waals surface area contributed by atoms with Gasteiger partial charge in [0.2, 0.25) is 0 Å². The van der Waals surface area contributed by atoms with Crippen LogP contribution in [-0.4, -0.2) is 60.5 Å².